The van der Waals surface area contributed by atoms with Gasteiger partial charge in [-0.05, 0) is 34.1 Å². The minimum Gasteiger partial charge on any atom is -0.389 e. The Labute approximate surface area is 124 Å². The molecule has 1 amide bonds. The van der Waals surface area contributed by atoms with E-state index in [9.17, 15) is 4.79 Å². The van der Waals surface area contributed by atoms with Crippen LogP contribution in [0.1, 0.15) is 15.9 Å². The normalized spacial score (nSPS) is 9.95. The minimum absolute atomic E-state index is 0.239. The summed E-state index contributed by atoms with van der Waals surface area (Å²) in [5.74, 6) is -0.266. The summed E-state index contributed by atoms with van der Waals surface area (Å²) < 4.78 is 0.739. The summed E-state index contributed by atoms with van der Waals surface area (Å²) in [6.45, 7) is 0. The quantitative estimate of drug-likeness (QED) is 0.846. The second-order valence-electron chi connectivity index (χ2n) is 3.76. The van der Waals surface area contributed by atoms with Gasteiger partial charge in [0.15, 0.2) is 0 Å². The second-order valence-corrected chi connectivity index (χ2v) is 5.11. The number of nitrogens with two attached hydrogens (primary N) is 1. The number of halogens is 1. The van der Waals surface area contributed by atoms with Crippen LogP contribution >= 0.6 is 28.1 Å². The number of thiocarbonyl (C=S) groups is 1. The molecular weight excluding hydrogens is 326 g/mol. The van der Waals surface area contributed by atoms with E-state index in [2.05, 4.69) is 26.2 Å². The predicted molar refractivity (Wildman–Crippen MR) is 82.2 cm³/mol. The molecule has 0 aliphatic heterocycles. The lowest BCUT2D eigenvalue weighted by Crippen LogP contribution is -2.17. The number of benzene rings is 1. The number of amides is 1. The fourth-order valence-corrected chi connectivity index (χ4v) is 2.08. The molecule has 4 nitrogen and oxygen atoms in total. The highest BCUT2D eigenvalue weighted by atomic mass is 79.9. The van der Waals surface area contributed by atoms with Gasteiger partial charge in [-0.3, -0.25) is 9.78 Å². The maximum atomic E-state index is 12.1. The lowest BCUT2D eigenvalue weighted by molar-refractivity contribution is 0.102. The summed E-state index contributed by atoms with van der Waals surface area (Å²) in [4.78, 5) is 16.3. The van der Waals surface area contributed by atoms with Crippen molar-refractivity contribution in [1.82, 2.24) is 4.98 Å². The molecule has 2 rings (SSSR count). The zero-order valence-electron chi connectivity index (χ0n) is 9.76. The molecular formula is C13H10BrN3OS. The van der Waals surface area contributed by atoms with E-state index in [0.717, 1.165) is 4.47 Å². The number of rotatable bonds is 3. The molecule has 19 heavy (non-hydrogen) atoms. The van der Waals surface area contributed by atoms with Gasteiger partial charge in [0, 0.05) is 22.4 Å². The Hall–Kier alpha value is -1.79. The van der Waals surface area contributed by atoms with Crippen molar-refractivity contribution in [3.63, 3.8) is 0 Å². The van der Waals surface area contributed by atoms with Gasteiger partial charge in [-0.15, -0.1) is 0 Å². The number of carbonyl (C=O) groups excluding carboxylic acids is 1. The third-order valence-corrected chi connectivity index (χ3v) is 3.06. The average Bonchev–Trinajstić information content (AvgIpc) is 2.39. The van der Waals surface area contributed by atoms with Crippen LogP contribution < -0.4 is 11.1 Å². The van der Waals surface area contributed by atoms with Crippen LogP contribution in [-0.2, 0) is 0 Å². The number of para-hydroxylation sites is 1. The Bertz CT molecular complexity index is 645. The molecule has 6 heteroatoms. The molecule has 0 saturated carbocycles. The Morgan fingerprint density at radius 2 is 2.05 bits per heavy atom. The van der Waals surface area contributed by atoms with Gasteiger partial charge in [0.1, 0.15) is 4.99 Å². The largest absolute Gasteiger partial charge is 0.389 e. The molecule has 0 aliphatic carbocycles. The molecule has 0 atom stereocenters. The van der Waals surface area contributed by atoms with E-state index < -0.39 is 0 Å². The van der Waals surface area contributed by atoms with Crippen molar-refractivity contribution in [2.75, 3.05) is 5.32 Å². The van der Waals surface area contributed by atoms with E-state index in [1.807, 2.05) is 6.07 Å². The molecule has 0 radical (unpaired) electrons. The average molecular weight is 336 g/mol. The Kier molecular flexibility index (Phi) is 4.24. The number of pyridine rings is 1. The van der Waals surface area contributed by atoms with Gasteiger partial charge in [0.2, 0.25) is 0 Å². The standard InChI is InChI=1S/C13H10BrN3OS/c14-9-5-8(6-16-7-9)13(18)17-11-4-2-1-3-10(11)12(15)19/h1-7H,(H2,15,19)(H,17,18). The molecule has 1 heterocycles. The first-order valence-electron chi connectivity index (χ1n) is 5.38. The van der Waals surface area contributed by atoms with Crippen LogP contribution in [0.15, 0.2) is 47.2 Å². The lowest BCUT2D eigenvalue weighted by Gasteiger charge is -2.09. The summed E-state index contributed by atoms with van der Waals surface area (Å²) in [5, 5.41) is 2.77. The number of nitrogens with zero attached hydrogens (tertiary/aromatic N) is 1. The van der Waals surface area contributed by atoms with Crippen molar-refractivity contribution in [2.24, 2.45) is 5.73 Å². The van der Waals surface area contributed by atoms with Gasteiger partial charge in [0.05, 0.1) is 11.3 Å². The third-order valence-electron chi connectivity index (χ3n) is 2.41. The molecule has 0 aliphatic rings. The highest BCUT2D eigenvalue weighted by Gasteiger charge is 2.10. The third kappa shape index (κ3) is 3.36. The van der Waals surface area contributed by atoms with Crippen molar-refractivity contribution < 1.29 is 4.79 Å². The predicted octanol–water partition coefficient (Wildman–Crippen LogP) is 2.73. The van der Waals surface area contributed by atoms with Crippen LogP contribution in [0.25, 0.3) is 0 Å². The van der Waals surface area contributed by atoms with Crippen LogP contribution in [0.4, 0.5) is 5.69 Å². The summed E-state index contributed by atoms with van der Waals surface area (Å²) in [6, 6.07) is 8.81. The van der Waals surface area contributed by atoms with Gasteiger partial charge >= 0.3 is 0 Å². The van der Waals surface area contributed by atoms with Crippen molar-refractivity contribution in [2.45, 2.75) is 0 Å². The van der Waals surface area contributed by atoms with Crippen LogP contribution in [-0.4, -0.2) is 15.9 Å². The first-order valence-corrected chi connectivity index (χ1v) is 6.59. The molecule has 1 aromatic carbocycles. The van der Waals surface area contributed by atoms with Crippen molar-refractivity contribution in [3.05, 3.63) is 58.3 Å². The molecule has 2 aromatic rings. The fourth-order valence-electron chi connectivity index (χ4n) is 1.54. The van der Waals surface area contributed by atoms with Crippen LogP contribution in [0.2, 0.25) is 0 Å². The molecule has 1 aromatic heterocycles. The second kappa shape index (κ2) is 5.90. The van der Waals surface area contributed by atoms with Gasteiger partial charge < -0.3 is 11.1 Å². The topological polar surface area (TPSA) is 68.0 Å². The summed E-state index contributed by atoms with van der Waals surface area (Å²) >= 11 is 8.22. The highest BCUT2D eigenvalue weighted by molar-refractivity contribution is 9.10. The first-order chi connectivity index (χ1) is 9.08. The Morgan fingerprint density at radius 3 is 2.74 bits per heavy atom. The number of hydrogen-bond acceptors (Lipinski definition) is 3. The SMILES string of the molecule is NC(=S)c1ccccc1NC(=O)c1cncc(Br)c1. The number of hydrogen-bond donors (Lipinski definition) is 2. The van der Waals surface area contributed by atoms with Gasteiger partial charge in [-0.1, -0.05) is 24.4 Å². The van der Waals surface area contributed by atoms with E-state index >= 15 is 0 Å². The summed E-state index contributed by atoms with van der Waals surface area (Å²) in [7, 11) is 0. The van der Waals surface area contributed by atoms with Gasteiger partial charge in [0.25, 0.3) is 5.91 Å². The molecule has 0 spiro atoms. The molecule has 0 bridgehead atoms. The number of aromatic nitrogens is 1. The van der Waals surface area contributed by atoms with Crippen molar-refractivity contribution in [3.8, 4) is 0 Å². The van der Waals surface area contributed by atoms with E-state index in [4.69, 9.17) is 18.0 Å². The summed E-state index contributed by atoms with van der Waals surface area (Å²) in [5.41, 5.74) is 7.28. The number of carbonyl (C=O) groups is 1. The van der Waals surface area contributed by atoms with E-state index in [1.165, 1.54) is 6.20 Å². The van der Waals surface area contributed by atoms with Crippen molar-refractivity contribution >= 4 is 44.7 Å². The van der Waals surface area contributed by atoms with E-state index in [0.29, 0.717) is 16.8 Å². The maximum Gasteiger partial charge on any atom is 0.257 e. The molecule has 3 N–H and O–H groups in total. The molecule has 0 unspecified atom stereocenters. The zero-order chi connectivity index (χ0) is 13.8. The highest BCUT2D eigenvalue weighted by Crippen LogP contribution is 2.17. The number of anilines is 1. The fraction of sp³-hybridized carbons (Fsp3) is 0. The van der Waals surface area contributed by atoms with Crippen LogP contribution in [0.3, 0.4) is 0 Å². The van der Waals surface area contributed by atoms with Gasteiger partial charge in [-0.2, -0.15) is 0 Å². The van der Waals surface area contributed by atoms with Crippen molar-refractivity contribution in [1.29, 1.82) is 0 Å². The maximum absolute atomic E-state index is 12.1. The smallest absolute Gasteiger partial charge is 0.257 e. The van der Waals surface area contributed by atoms with E-state index in [-0.39, 0.29) is 10.9 Å². The zero-order valence-corrected chi connectivity index (χ0v) is 12.2. The van der Waals surface area contributed by atoms with E-state index in [1.54, 1.807) is 30.5 Å². The van der Waals surface area contributed by atoms with Crippen LogP contribution in [0.5, 0.6) is 0 Å². The summed E-state index contributed by atoms with van der Waals surface area (Å²) in [6.07, 6.45) is 3.10. The lowest BCUT2D eigenvalue weighted by atomic mass is 10.1. The Balaban J connectivity index is 2.27. The van der Waals surface area contributed by atoms with Crippen LogP contribution in [0, 0.1) is 0 Å². The monoisotopic (exact) mass is 335 g/mol. The van der Waals surface area contributed by atoms with Gasteiger partial charge in [-0.25, -0.2) is 0 Å². The Morgan fingerprint density at radius 1 is 1.32 bits per heavy atom. The molecule has 0 fully saturated rings. The molecule has 0 saturated heterocycles. The molecule has 96 valence electrons. The number of nitrogens with one attached hydrogen (secondary N) is 1. The minimum atomic E-state index is -0.266. The first kappa shape index (κ1) is 13.6.